The van der Waals surface area contributed by atoms with Crippen LogP contribution in [-0.4, -0.2) is 66.3 Å². The lowest BCUT2D eigenvalue weighted by atomic mass is 9.89. The van der Waals surface area contributed by atoms with Gasteiger partial charge in [-0.1, -0.05) is 20.3 Å². The zero-order valence-corrected chi connectivity index (χ0v) is 14.3. The Balaban J connectivity index is 1.83. The monoisotopic (exact) mass is 324 g/mol. The molecule has 0 N–H and O–H groups in total. The molecule has 0 aromatic carbocycles. The molecular formula is C17H28N2O4. The van der Waals surface area contributed by atoms with Crippen LogP contribution in [0.4, 0.5) is 0 Å². The molecule has 3 fully saturated rings. The summed E-state index contributed by atoms with van der Waals surface area (Å²) in [5.41, 5.74) is -0.549. The van der Waals surface area contributed by atoms with Gasteiger partial charge in [0.05, 0.1) is 19.8 Å². The van der Waals surface area contributed by atoms with Crippen LogP contribution in [0.2, 0.25) is 0 Å². The highest BCUT2D eigenvalue weighted by molar-refractivity contribution is 5.89. The zero-order chi connectivity index (χ0) is 16.4. The highest BCUT2D eigenvalue weighted by atomic mass is 16.5. The second-order valence-corrected chi connectivity index (χ2v) is 7.13. The van der Waals surface area contributed by atoms with Crippen molar-refractivity contribution in [2.45, 2.75) is 57.7 Å². The van der Waals surface area contributed by atoms with Crippen LogP contribution < -0.4 is 0 Å². The summed E-state index contributed by atoms with van der Waals surface area (Å²) >= 11 is 0. The lowest BCUT2D eigenvalue weighted by Gasteiger charge is -2.43. The molecule has 2 saturated heterocycles. The minimum Gasteiger partial charge on any atom is -0.378 e. The SMILES string of the molecule is CC(C)C(=O)N1C(C(=O)N2CCOCC2)COC12CCCCC2. The van der Waals surface area contributed by atoms with Crippen molar-refractivity contribution in [3.05, 3.63) is 0 Å². The van der Waals surface area contributed by atoms with Crippen LogP contribution in [-0.2, 0) is 19.1 Å². The van der Waals surface area contributed by atoms with E-state index >= 15 is 0 Å². The fourth-order valence-corrected chi connectivity index (χ4v) is 3.96. The average Bonchev–Trinajstić information content (AvgIpc) is 2.93. The van der Waals surface area contributed by atoms with Gasteiger partial charge in [0, 0.05) is 19.0 Å². The van der Waals surface area contributed by atoms with E-state index in [1.165, 1.54) is 6.42 Å². The number of carbonyl (C=O) groups is 2. The van der Waals surface area contributed by atoms with E-state index in [0.29, 0.717) is 32.9 Å². The molecule has 3 aliphatic rings. The van der Waals surface area contributed by atoms with Crippen LogP contribution in [0.25, 0.3) is 0 Å². The van der Waals surface area contributed by atoms with Crippen LogP contribution in [0.3, 0.4) is 0 Å². The van der Waals surface area contributed by atoms with E-state index < -0.39 is 11.8 Å². The molecule has 0 aromatic heterocycles. The molecule has 1 saturated carbocycles. The Labute approximate surface area is 138 Å². The Morgan fingerprint density at radius 3 is 2.35 bits per heavy atom. The predicted molar refractivity (Wildman–Crippen MR) is 84.6 cm³/mol. The molecule has 6 heteroatoms. The number of hydrogen-bond donors (Lipinski definition) is 0. The normalized spacial score (nSPS) is 27.7. The maximum absolute atomic E-state index is 13.0. The summed E-state index contributed by atoms with van der Waals surface area (Å²) in [6.07, 6.45) is 4.98. The number of carbonyl (C=O) groups excluding carboxylic acids is 2. The largest absolute Gasteiger partial charge is 0.378 e. The third-order valence-corrected chi connectivity index (χ3v) is 5.23. The highest BCUT2D eigenvalue weighted by Gasteiger charge is 2.53. The van der Waals surface area contributed by atoms with Gasteiger partial charge in [-0.05, 0) is 25.7 Å². The van der Waals surface area contributed by atoms with Gasteiger partial charge in [0.15, 0.2) is 0 Å². The molecule has 1 spiro atoms. The zero-order valence-electron chi connectivity index (χ0n) is 14.3. The third kappa shape index (κ3) is 3.11. The number of rotatable bonds is 2. The van der Waals surface area contributed by atoms with Crippen molar-refractivity contribution in [1.29, 1.82) is 0 Å². The molecule has 6 nitrogen and oxygen atoms in total. The Kier molecular flexibility index (Phi) is 4.92. The number of nitrogens with zero attached hydrogens (tertiary/aromatic N) is 2. The Morgan fingerprint density at radius 1 is 1.09 bits per heavy atom. The number of hydrogen-bond acceptors (Lipinski definition) is 4. The van der Waals surface area contributed by atoms with Gasteiger partial charge in [0.1, 0.15) is 11.8 Å². The van der Waals surface area contributed by atoms with Crippen molar-refractivity contribution in [2.24, 2.45) is 5.92 Å². The number of ether oxygens (including phenoxy) is 2. The second-order valence-electron chi connectivity index (χ2n) is 7.13. The van der Waals surface area contributed by atoms with E-state index in [-0.39, 0.29) is 17.7 Å². The van der Waals surface area contributed by atoms with Crippen molar-refractivity contribution in [1.82, 2.24) is 9.80 Å². The van der Waals surface area contributed by atoms with Crippen LogP contribution in [0.1, 0.15) is 46.0 Å². The van der Waals surface area contributed by atoms with Gasteiger partial charge >= 0.3 is 0 Å². The van der Waals surface area contributed by atoms with E-state index in [1.807, 2.05) is 18.7 Å². The summed E-state index contributed by atoms with van der Waals surface area (Å²) in [4.78, 5) is 29.4. The quantitative estimate of drug-likeness (QED) is 0.770. The lowest BCUT2D eigenvalue weighted by Crippen LogP contribution is -2.58. The van der Waals surface area contributed by atoms with E-state index in [1.54, 1.807) is 4.90 Å². The van der Waals surface area contributed by atoms with Crippen molar-refractivity contribution in [3.8, 4) is 0 Å². The van der Waals surface area contributed by atoms with Crippen molar-refractivity contribution in [2.75, 3.05) is 32.9 Å². The van der Waals surface area contributed by atoms with Gasteiger partial charge in [0.25, 0.3) is 0 Å². The lowest BCUT2D eigenvalue weighted by molar-refractivity contribution is -0.165. The molecule has 2 heterocycles. The average molecular weight is 324 g/mol. The molecule has 2 amide bonds. The summed E-state index contributed by atoms with van der Waals surface area (Å²) in [6.45, 7) is 6.47. The molecule has 3 rings (SSSR count). The molecule has 1 unspecified atom stereocenters. The smallest absolute Gasteiger partial charge is 0.248 e. The van der Waals surface area contributed by atoms with E-state index in [4.69, 9.17) is 9.47 Å². The molecular weight excluding hydrogens is 296 g/mol. The molecule has 0 radical (unpaired) electrons. The first-order valence-electron chi connectivity index (χ1n) is 8.89. The standard InChI is InChI=1S/C17H28N2O4/c1-13(2)15(20)19-14(16(21)18-8-10-22-11-9-18)12-23-17(19)6-4-3-5-7-17/h13-14H,3-12H2,1-2H3. The summed E-state index contributed by atoms with van der Waals surface area (Å²) < 4.78 is 11.4. The van der Waals surface area contributed by atoms with Gasteiger partial charge in [-0.3, -0.25) is 14.5 Å². The molecule has 1 aliphatic carbocycles. The van der Waals surface area contributed by atoms with Crippen LogP contribution in [0.15, 0.2) is 0 Å². The first kappa shape index (κ1) is 16.7. The van der Waals surface area contributed by atoms with Gasteiger partial charge in [-0.25, -0.2) is 0 Å². The van der Waals surface area contributed by atoms with Gasteiger partial charge in [-0.15, -0.1) is 0 Å². The van der Waals surface area contributed by atoms with Crippen LogP contribution in [0.5, 0.6) is 0 Å². The maximum Gasteiger partial charge on any atom is 0.248 e. The minimum absolute atomic E-state index is 0.0183. The number of morpholine rings is 1. The van der Waals surface area contributed by atoms with E-state index in [0.717, 1.165) is 25.7 Å². The fourth-order valence-electron chi connectivity index (χ4n) is 3.96. The fraction of sp³-hybridized carbons (Fsp3) is 0.882. The maximum atomic E-state index is 13.0. The topological polar surface area (TPSA) is 59.1 Å². The summed E-state index contributed by atoms with van der Waals surface area (Å²) in [6, 6.07) is -0.471. The van der Waals surface area contributed by atoms with E-state index in [2.05, 4.69) is 0 Å². The van der Waals surface area contributed by atoms with Crippen LogP contribution >= 0.6 is 0 Å². The van der Waals surface area contributed by atoms with Crippen LogP contribution in [0, 0.1) is 5.92 Å². The molecule has 1 atom stereocenters. The first-order chi connectivity index (χ1) is 11.1. The highest BCUT2D eigenvalue weighted by Crippen LogP contribution is 2.41. The molecule has 130 valence electrons. The summed E-state index contributed by atoms with van der Waals surface area (Å²) in [5, 5.41) is 0. The Morgan fingerprint density at radius 2 is 1.74 bits per heavy atom. The second kappa shape index (κ2) is 6.77. The minimum atomic E-state index is -0.549. The number of amides is 2. The molecule has 0 aromatic rings. The third-order valence-electron chi connectivity index (χ3n) is 5.23. The predicted octanol–water partition coefficient (Wildman–Crippen LogP) is 1.39. The van der Waals surface area contributed by atoms with Crippen molar-refractivity contribution in [3.63, 3.8) is 0 Å². The van der Waals surface area contributed by atoms with E-state index in [9.17, 15) is 9.59 Å². The van der Waals surface area contributed by atoms with Gasteiger partial charge < -0.3 is 14.4 Å². The van der Waals surface area contributed by atoms with Crippen molar-refractivity contribution >= 4 is 11.8 Å². The Bertz CT molecular complexity index is 454. The molecule has 0 bridgehead atoms. The van der Waals surface area contributed by atoms with Gasteiger partial charge in [0.2, 0.25) is 11.8 Å². The first-order valence-corrected chi connectivity index (χ1v) is 8.89. The molecule has 2 aliphatic heterocycles. The van der Waals surface area contributed by atoms with Crippen molar-refractivity contribution < 1.29 is 19.1 Å². The molecule has 23 heavy (non-hydrogen) atoms. The summed E-state index contributed by atoms with van der Waals surface area (Å²) in [5.74, 6) is -0.0729. The Hall–Kier alpha value is -1.14. The summed E-state index contributed by atoms with van der Waals surface area (Å²) in [7, 11) is 0. The van der Waals surface area contributed by atoms with Gasteiger partial charge in [-0.2, -0.15) is 0 Å².